The first kappa shape index (κ1) is 24.3. The van der Waals surface area contributed by atoms with Gasteiger partial charge in [0.05, 0.1) is 6.10 Å². The largest absolute Gasteiger partial charge is 0.462 e. The zero-order valence-electron chi connectivity index (χ0n) is 16.7. The molecular weight excluding hydrogens is 354 g/mol. The van der Waals surface area contributed by atoms with E-state index in [-0.39, 0.29) is 0 Å². The van der Waals surface area contributed by atoms with Gasteiger partial charge in [-0.25, -0.2) is 0 Å². The van der Waals surface area contributed by atoms with Gasteiger partial charge in [-0.3, -0.25) is 0 Å². The van der Waals surface area contributed by atoms with E-state index in [4.69, 9.17) is 13.9 Å². The summed E-state index contributed by atoms with van der Waals surface area (Å²) in [5.74, 6) is 1.81. The third-order valence-corrected chi connectivity index (χ3v) is 4.19. The molecule has 0 spiro atoms. The summed E-state index contributed by atoms with van der Waals surface area (Å²) in [4.78, 5) is 2.17. The lowest BCUT2D eigenvalue weighted by molar-refractivity contribution is 0.197. The van der Waals surface area contributed by atoms with Crippen molar-refractivity contribution in [1.29, 1.82) is 0 Å². The van der Waals surface area contributed by atoms with Crippen LogP contribution in [0.1, 0.15) is 48.6 Å². The Morgan fingerprint density at radius 2 is 1.32 bits per heavy atom. The van der Waals surface area contributed by atoms with Gasteiger partial charge in [0.25, 0.3) is 0 Å². The maximum Gasteiger partial charge on any atom is 0.120 e. The van der Waals surface area contributed by atoms with Crippen molar-refractivity contribution in [2.45, 2.75) is 39.8 Å². The van der Waals surface area contributed by atoms with Gasteiger partial charge in [0.1, 0.15) is 22.5 Å². The third-order valence-electron chi connectivity index (χ3n) is 3.63. The molecule has 0 saturated heterocycles. The highest BCUT2D eigenvalue weighted by atomic mass is 31.0. The van der Waals surface area contributed by atoms with Crippen LogP contribution in [0.2, 0.25) is 0 Å². The zero-order valence-corrected chi connectivity index (χ0v) is 19.0. The Morgan fingerprint density at radius 1 is 0.960 bits per heavy atom. The number of furan rings is 2. The maximum absolute atomic E-state index is 9.15. The second-order valence-electron chi connectivity index (χ2n) is 6.14. The fraction of sp³-hybridized carbons (Fsp3) is 0.556. The van der Waals surface area contributed by atoms with Gasteiger partial charge in [-0.15, -0.1) is 0 Å². The van der Waals surface area contributed by atoms with E-state index in [0.29, 0.717) is 6.04 Å². The summed E-state index contributed by atoms with van der Waals surface area (Å²) in [6.45, 7) is 7.74. The van der Waals surface area contributed by atoms with E-state index in [9.17, 15) is 0 Å². The number of hydrogen-bond donors (Lipinski definition) is 2. The Bertz CT molecular complexity index is 622. The Labute approximate surface area is 157 Å². The Hall–Kier alpha value is -0.700. The minimum Gasteiger partial charge on any atom is -0.462 e. The van der Waals surface area contributed by atoms with E-state index in [1.54, 1.807) is 6.92 Å². The van der Waals surface area contributed by atoms with Crippen molar-refractivity contribution in [2.24, 2.45) is 0 Å². The van der Waals surface area contributed by atoms with Crippen LogP contribution >= 0.6 is 18.5 Å². The molecule has 2 rings (SSSR count). The highest BCUT2D eigenvalue weighted by Gasteiger charge is 2.13. The van der Waals surface area contributed by atoms with Crippen molar-refractivity contribution in [3.05, 3.63) is 34.8 Å². The van der Waals surface area contributed by atoms with Gasteiger partial charge in [0.15, 0.2) is 0 Å². The van der Waals surface area contributed by atoms with Crippen LogP contribution in [0.5, 0.6) is 0 Å². The fourth-order valence-electron chi connectivity index (χ4n) is 2.15. The molecule has 0 amide bonds. The van der Waals surface area contributed by atoms with Crippen LogP contribution in [0.3, 0.4) is 0 Å². The smallest absolute Gasteiger partial charge is 0.120 e. The highest BCUT2D eigenvalue weighted by Crippen LogP contribution is 2.21. The first-order chi connectivity index (χ1) is 11.5. The number of aliphatic hydroxyl groups excluding tert-OH is 1. The maximum atomic E-state index is 9.15. The molecule has 25 heavy (non-hydrogen) atoms. The number of rotatable bonds is 3. The third kappa shape index (κ3) is 8.48. The Morgan fingerprint density at radius 3 is 1.52 bits per heavy atom. The number of nitrogens with one attached hydrogen (secondary N) is 1. The molecule has 0 aliphatic heterocycles. The summed E-state index contributed by atoms with van der Waals surface area (Å²) in [6.07, 6.45) is -0.432. The molecule has 0 bridgehead atoms. The van der Waals surface area contributed by atoms with Gasteiger partial charge in [-0.2, -0.15) is 0 Å². The summed E-state index contributed by atoms with van der Waals surface area (Å²) in [7, 11) is 12.9. The molecule has 7 heteroatoms. The Kier molecular flexibility index (Phi) is 11.5. The lowest BCUT2D eigenvalue weighted by Crippen LogP contribution is -2.16. The van der Waals surface area contributed by atoms with E-state index in [1.165, 1.54) is 5.56 Å². The average molecular weight is 388 g/mol. The topological polar surface area (TPSA) is 61.8 Å². The molecule has 4 unspecified atom stereocenters. The monoisotopic (exact) mass is 388 g/mol. The van der Waals surface area contributed by atoms with Crippen LogP contribution < -0.4 is 16.3 Å². The summed E-state index contributed by atoms with van der Waals surface area (Å²) in [5.41, 5.74) is 3.82. The number of nitrogens with zero attached hydrogens (tertiary/aromatic N) is 1. The van der Waals surface area contributed by atoms with E-state index in [2.05, 4.69) is 55.8 Å². The van der Waals surface area contributed by atoms with Crippen LogP contribution in [0.4, 0.5) is 0 Å². The Balaban J connectivity index is 0.000000403. The van der Waals surface area contributed by atoms with Crippen LogP contribution in [0, 0.1) is 13.8 Å². The zero-order chi connectivity index (χ0) is 19.7. The lowest BCUT2D eigenvalue weighted by Gasteiger charge is -2.18. The molecule has 4 atom stereocenters. The summed E-state index contributed by atoms with van der Waals surface area (Å²) >= 11 is 0. The molecule has 2 N–H and O–H groups in total. The first-order valence-electron chi connectivity index (χ1n) is 8.19. The molecule has 2 aromatic rings. The van der Waals surface area contributed by atoms with Crippen molar-refractivity contribution < 1.29 is 13.9 Å². The van der Waals surface area contributed by atoms with Crippen molar-refractivity contribution >= 4 is 29.5 Å². The highest BCUT2D eigenvalue weighted by molar-refractivity contribution is 7.26. The van der Waals surface area contributed by atoms with Crippen LogP contribution in [-0.4, -0.2) is 38.2 Å². The van der Waals surface area contributed by atoms with Crippen LogP contribution in [-0.2, 0) is 0 Å². The van der Waals surface area contributed by atoms with Gasteiger partial charge in [-0.1, -0.05) is 18.5 Å². The van der Waals surface area contributed by atoms with Gasteiger partial charge in [0, 0.05) is 17.2 Å². The van der Waals surface area contributed by atoms with Crippen molar-refractivity contribution in [3.63, 3.8) is 0 Å². The van der Waals surface area contributed by atoms with Crippen LogP contribution in [0.15, 0.2) is 21.0 Å². The molecule has 0 radical (unpaired) electrons. The van der Waals surface area contributed by atoms with E-state index in [0.717, 1.165) is 28.1 Å². The van der Waals surface area contributed by atoms with E-state index < -0.39 is 6.10 Å². The first-order valence-corrected chi connectivity index (χ1v) is 9.35. The number of aliphatic hydroxyl groups is 1. The summed E-state index contributed by atoms with van der Waals surface area (Å²) < 4.78 is 10.6. The lowest BCUT2D eigenvalue weighted by atomic mass is 10.1. The quantitative estimate of drug-likeness (QED) is 0.792. The molecule has 2 aromatic heterocycles. The summed E-state index contributed by atoms with van der Waals surface area (Å²) in [6, 6.07) is 4.32. The van der Waals surface area contributed by atoms with E-state index >= 15 is 0 Å². The predicted molar refractivity (Wildman–Crippen MR) is 113 cm³/mol. The molecule has 144 valence electrons. The molecule has 0 fully saturated rings. The molecule has 0 saturated carbocycles. The molecule has 0 aromatic carbocycles. The van der Waals surface area contributed by atoms with E-state index in [1.807, 2.05) is 34.0 Å². The van der Waals surface area contributed by atoms with Gasteiger partial charge in [0.2, 0.25) is 0 Å². The second-order valence-corrected chi connectivity index (χ2v) is 7.27. The van der Waals surface area contributed by atoms with Gasteiger partial charge < -0.3 is 24.2 Å². The molecule has 0 aliphatic carbocycles. The fourth-order valence-corrected chi connectivity index (χ4v) is 2.86. The summed E-state index contributed by atoms with van der Waals surface area (Å²) in [5, 5.41) is 11.9. The molecule has 5 nitrogen and oxygen atoms in total. The van der Waals surface area contributed by atoms with Crippen molar-refractivity contribution in [3.8, 4) is 0 Å². The SMILES string of the molecule is CNC.Cc1oc(P)cc1C(C)N(C)C.Cc1oc(P)cc1C(C)O. The van der Waals surface area contributed by atoms with Gasteiger partial charge in [-0.05, 0) is 68.0 Å². The standard InChI is InChI=1S/C9H16NOP.C7H11O2P.C2H7N/c1-6(10(3)4)8-5-9(12)11-7(8)2;1-4(8)6-3-7(10)9-5(6)2;1-3-2/h5-6H,12H2,1-4H3;3-4,8H,10H2,1-2H3;3H,1-2H3. The molecular formula is C18H34N2O3P2. The second kappa shape index (κ2) is 11.8. The van der Waals surface area contributed by atoms with Crippen LogP contribution in [0.25, 0.3) is 0 Å². The number of hydrogen-bond acceptors (Lipinski definition) is 5. The minimum atomic E-state index is -0.432. The predicted octanol–water partition coefficient (Wildman–Crippen LogP) is 2.69. The van der Waals surface area contributed by atoms with Gasteiger partial charge >= 0.3 is 0 Å². The minimum absolute atomic E-state index is 0.419. The normalized spacial score (nSPS) is 12.8. The number of aryl methyl sites for hydroxylation is 2. The van der Waals surface area contributed by atoms with Crippen molar-refractivity contribution in [1.82, 2.24) is 10.2 Å². The van der Waals surface area contributed by atoms with Crippen molar-refractivity contribution in [2.75, 3.05) is 28.2 Å². The molecule has 0 aliphatic rings. The average Bonchev–Trinajstić information content (AvgIpc) is 3.00. The molecule has 2 heterocycles.